The molecule has 3 aromatic rings. The van der Waals surface area contributed by atoms with Crippen LogP contribution in [0.1, 0.15) is 26.5 Å². The molecule has 4 rings (SSSR count). The third kappa shape index (κ3) is 3.77. The molecule has 1 aliphatic heterocycles. The van der Waals surface area contributed by atoms with Crippen molar-refractivity contribution in [2.75, 3.05) is 12.1 Å². The second-order valence-corrected chi connectivity index (χ2v) is 5.88. The van der Waals surface area contributed by atoms with E-state index < -0.39 is 0 Å². The molecule has 0 aliphatic carbocycles. The summed E-state index contributed by atoms with van der Waals surface area (Å²) in [6.45, 7) is 0.584. The summed E-state index contributed by atoms with van der Waals surface area (Å²) < 4.78 is 15.6. The van der Waals surface area contributed by atoms with Crippen LogP contribution in [-0.4, -0.2) is 18.6 Å². The molecule has 1 aromatic heterocycles. The fourth-order valence-electron chi connectivity index (χ4n) is 2.64. The number of benzene rings is 2. The number of rotatable bonds is 5. The van der Waals surface area contributed by atoms with Crippen molar-refractivity contribution in [2.45, 2.75) is 6.54 Å². The Kier molecular flexibility index (Phi) is 4.49. The summed E-state index contributed by atoms with van der Waals surface area (Å²) in [5, 5.41) is 5.55. The van der Waals surface area contributed by atoms with Crippen LogP contribution in [0.15, 0.2) is 65.3 Å². The standard InChI is InChI=1S/C20H16N2O5/c23-19(21-11-13-3-8-16-18(10-13)27-12-26-16)14-4-6-15(7-5-14)22-20(24)17-2-1-9-25-17/h1-10H,11-12H2,(H,21,23)(H,22,24). The Morgan fingerprint density at radius 2 is 1.74 bits per heavy atom. The van der Waals surface area contributed by atoms with E-state index in [1.54, 1.807) is 36.4 Å². The second kappa shape index (κ2) is 7.25. The van der Waals surface area contributed by atoms with E-state index in [-0.39, 0.29) is 24.4 Å². The molecular formula is C20H16N2O5. The number of furan rings is 1. The molecule has 0 unspecified atom stereocenters. The van der Waals surface area contributed by atoms with Gasteiger partial charge in [-0.3, -0.25) is 9.59 Å². The largest absolute Gasteiger partial charge is 0.459 e. The average molecular weight is 364 g/mol. The third-order valence-electron chi connectivity index (χ3n) is 4.04. The smallest absolute Gasteiger partial charge is 0.291 e. The van der Waals surface area contributed by atoms with Crippen molar-refractivity contribution in [3.8, 4) is 11.5 Å². The number of nitrogens with one attached hydrogen (secondary N) is 2. The van der Waals surface area contributed by atoms with Gasteiger partial charge in [0.1, 0.15) is 0 Å². The molecule has 0 bridgehead atoms. The number of hydrogen-bond acceptors (Lipinski definition) is 5. The monoisotopic (exact) mass is 364 g/mol. The fraction of sp³-hybridized carbons (Fsp3) is 0.100. The van der Waals surface area contributed by atoms with E-state index >= 15 is 0 Å². The van der Waals surface area contributed by atoms with Crippen LogP contribution in [0.5, 0.6) is 11.5 Å². The van der Waals surface area contributed by atoms with Crippen LogP contribution >= 0.6 is 0 Å². The van der Waals surface area contributed by atoms with Gasteiger partial charge in [0.25, 0.3) is 11.8 Å². The Balaban J connectivity index is 1.34. The summed E-state index contributed by atoms with van der Waals surface area (Å²) in [4.78, 5) is 24.2. The van der Waals surface area contributed by atoms with Crippen LogP contribution in [0.3, 0.4) is 0 Å². The fourth-order valence-corrected chi connectivity index (χ4v) is 2.64. The predicted molar refractivity (Wildman–Crippen MR) is 96.8 cm³/mol. The van der Waals surface area contributed by atoms with E-state index in [0.717, 1.165) is 5.56 Å². The highest BCUT2D eigenvalue weighted by atomic mass is 16.7. The molecular weight excluding hydrogens is 348 g/mol. The highest BCUT2D eigenvalue weighted by Gasteiger charge is 2.14. The van der Waals surface area contributed by atoms with E-state index in [1.807, 2.05) is 18.2 Å². The molecule has 136 valence electrons. The van der Waals surface area contributed by atoms with Crippen molar-refractivity contribution in [2.24, 2.45) is 0 Å². The molecule has 0 spiro atoms. The number of fused-ring (bicyclic) bond motifs is 1. The molecule has 2 aromatic carbocycles. The van der Waals surface area contributed by atoms with Gasteiger partial charge in [0, 0.05) is 17.8 Å². The molecule has 7 heteroatoms. The van der Waals surface area contributed by atoms with Gasteiger partial charge in [-0.25, -0.2) is 0 Å². The summed E-state index contributed by atoms with van der Waals surface area (Å²) in [7, 11) is 0. The normalized spacial score (nSPS) is 11.9. The molecule has 0 saturated carbocycles. The third-order valence-corrected chi connectivity index (χ3v) is 4.04. The Morgan fingerprint density at radius 3 is 2.52 bits per heavy atom. The SMILES string of the molecule is O=C(NCc1ccc2c(c1)OCO2)c1ccc(NC(=O)c2ccco2)cc1. The lowest BCUT2D eigenvalue weighted by atomic mass is 10.1. The molecule has 0 fully saturated rings. The zero-order chi connectivity index (χ0) is 18.6. The quantitative estimate of drug-likeness (QED) is 0.726. The minimum Gasteiger partial charge on any atom is -0.459 e. The first kappa shape index (κ1) is 16.7. The Labute approximate surface area is 154 Å². The summed E-state index contributed by atoms with van der Waals surface area (Å²) in [5.41, 5.74) is 1.98. The topological polar surface area (TPSA) is 89.8 Å². The molecule has 7 nitrogen and oxygen atoms in total. The lowest BCUT2D eigenvalue weighted by Crippen LogP contribution is -2.22. The van der Waals surface area contributed by atoms with Crippen LogP contribution < -0.4 is 20.1 Å². The van der Waals surface area contributed by atoms with Crippen molar-refractivity contribution in [3.05, 3.63) is 77.7 Å². The summed E-state index contributed by atoms with van der Waals surface area (Å²) >= 11 is 0. The average Bonchev–Trinajstić information content (AvgIpc) is 3.38. The van der Waals surface area contributed by atoms with E-state index in [0.29, 0.717) is 29.3 Å². The van der Waals surface area contributed by atoms with Crippen LogP contribution in [-0.2, 0) is 6.54 Å². The number of anilines is 1. The summed E-state index contributed by atoms with van der Waals surface area (Å²) in [6, 6.07) is 15.4. The van der Waals surface area contributed by atoms with Crippen molar-refractivity contribution < 1.29 is 23.5 Å². The zero-order valence-corrected chi connectivity index (χ0v) is 14.2. The van der Waals surface area contributed by atoms with E-state index in [9.17, 15) is 9.59 Å². The predicted octanol–water partition coefficient (Wildman–Crippen LogP) is 3.19. The lowest BCUT2D eigenvalue weighted by Gasteiger charge is -2.08. The van der Waals surface area contributed by atoms with Crippen molar-refractivity contribution >= 4 is 17.5 Å². The molecule has 2 N–H and O–H groups in total. The van der Waals surface area contributed by atoms with E-state index in [2.05, 4.69) is 10.6 Å². The number of ether oxygens (including phenoxy) is 2. The van der Waals surface area contributed by atoms with Gasteiger partial charge in [0.05, 0.1) is 6.26 Å². The summed E-state index contributed by atoms with van der Waals surface area (Å²) in [5.74, 6) is 1.05. The number of carbonyl (C=O) groups excluding carboxylic acids is 2. The van der Waals surface area contributed by atoms with Gasteiger partial charge in [0.15, 0.2) is 17.3 Å². The van der Waals surface area contributed by atoms with Crippen LogP contribution in [0, 0.1) is 0 Å². The lowest BCUT2D eigenvalue weighted by molar-refractivity contribution is 0.0950. The van der Waals surface area contributed by atoms with Gasteiger partial charge in [0.2, 0.25) is 6.79 Å². The maximum atomic E-state index is 12.3. The van der Waals surface area contributed by atoms with Crippen LogP contribution in [0.25, 0.3) is 0 Å². The Morgan fingerprint density at radius 1 is 0.926 bits per heavy atom. The Bertz CT molecular complexity index is 965. The molecule has 0 atom stereocenters. The highest BCUT2D eigenvalue weighted by molar-refractivity contribution is 6.02. The number of hydrogen-bond donors (Lipinski definition) is 2. The van der Waals surface area contributed by atoms with Gasteiger partial charge in [-0.2, -0.15) is 0 Å². The molecule has 0 saturated heterocycles. The highest BCUT2D eigenvalue weighted by Crippen LogP contribution is 2.32. The van der Waals surface area contributed by atoms with Gasteiger partial charge in [-0.1, -0.05) is 6.07 Å². The molecule has 2 amide bonds. The molecule has 27 heavy (non-hydrogen) atoms. The van der Waals surface area contributed by atoms with Gasteiger partial charge in [-0.15, -0.1) is 0 Å². The van der Waals surface area contributed by atoms with Crippen LogP contribution in [0.2, 0.25) is 0 Å². The van der Waals surface area contributed by atoms with E-state index in [4.69, 9.17) is 13.9 Å². The van der Waals surface area contributed by atoms with Crippen molar-refractivity contribution in [3.63, 3.8) is 0 Å². The van der Waals surface area contributed by atoms with Gasteiger partial charge in [-0.05, 0) is 54.1 Å². The molecule has 1 aliphatic rings. The Hall–Kier alpha value is -3.74. The van der Waals surface area contributed by atoms with Crippen molar-refractivity contribution in [1.29, 1.82) is 0 Å². The first-order chi connectivity index (χ1) is 13.2. The zero-order valence-electron chi connectivity index (χ0n) is 14.2. The minimum absolute atomic E-state index is 0.212. The van der Waals surface area contributed by atoms with E-state index in [1.165, 1.54) is 6.26 Å². The first-order valence-electron chi connectivity index (χ1n) is 8.31. The number of amides is 2. The van der Waals surface area contributed by atoms with Gasteiger partial charge < -0.3 is 24.5 Å². The first-order valence-corrected chi connectivity index (χ1v) is 8.31. The van der Waals surface area contributed by atoms with Gasteiger partial charge >= 0.3 is 0 Å². The van der Waals surface area contributed by atoms with Crippen LogP contribution in [0.4, 0.5) is 5.69 Å². The minimum atomic E-state index is -0.347. The maximum Gasteiger partial charge on any atom is 0.291 e. The second-order valence-electron chi connectivity index (χ2n) is 5.88. The summed E-state index contributed by atoms with van der Waals surface area (Å²) in [6.07, 6.45) is 1.43. The molecule has 0 radical (unpaired) electrons. The maximum absolute atomic E-state index is 12.3. The number of carbonyl (C=O) groups is 2. The molecule has 2 heterocycles. The van der Waals surface area contributed by atoms with Crippen molar-refractivity contribution in [1.82, 2.24) is 5.32 Å².